The van der Waals surface area contributed by atoms with Gasteiger partial charge in [0.1, 0.15) is 0 Å². The van der Waals surface area contributed by atoms with E-state index in [9.17, 15) is 14.4 Å². The molecule has 0 unspecified atom stereocenters. The van der Waals surface area contributed by atoms with E-state index >= 15 is 0 Å². The fourth-order valence-corrected chi connectivity index (χ4v) is 2.91. The number of carbonyl (C=O) groups excluding carboxylic acids is 3. The molecular weight excluding hydrogens is 354 g/mol. The first-order valence-corrected chi connectivity index (χ1v) is 8.60. The summed E-state index contributed by atoms with van der Waals surface area (Å²) in [6.07, 6.45) is 0. The monoisotopic (exact) mass is 371 g/mol. The molecule has 6 nitrogen and oxygen atoms in total. The molecule has 1 aliphatic heterocycles. The molecule has 1 fully saturated rings. The van der Waals surface area contributed by atoms with Gasteiger partial charge in [0.05, 0.1) is 13.1 Å². The van der Waals surface area contributed by atoms with Gasteiger partial charge in [0.15, 0.2) is 5.78 Å². The smallest absolute Gasteiger partial charge is 0.242 e. The summed E-state index contributed by atoms with van der Waals surface area (Å²) in [6, 6.07) is 13.8. The molecule has 0 aliphatic carbocycles. The summed E-state index contributed by atoms with van der Waals surface area (Å²) in [5.41, 5.74) is 1.46. The Kier molecular flexibility index (Phi) is 5.53. The van der Waals surface area contributed by atoms with Gasteiger partial charge < -0.3 is 15.5 Å². The summed E-state index contributed by atoms with van der Waals surface area (Å²) in [5.74, 6) is -0.552. The minimum atomic E-state index is -0.201. The van der Waals surface area contributed by atoms with Gasteiger partial charge in [-0.3, -0.25) is 14.4 Å². The fraction of sp³-hybridized carbons (Fsp3) is 0.211. The first kappa shape index (κ1) is 17.9. The molecular formula is C19H18ClN3O3. The molecule has 2 aromatic carbocycles. The Morgan fingerprint density at radius 1 is 1.15 bits per heavy atom. The Morgan fingerprint density at radius 2 is 1.92 bits per heavy atom. The number of rotatable bonds is 5. The number of ketones is 1. The highest BCUT2D eigenvalue weighted by atomic mass is 35.5. The Hall–Kier alpha value is -2.86. The first-order valence-electron chi connectivity index (χ1n) is 8.22. The zero-order valence-electron chi connectivity index (χ0n) is 14.0. The Bertz CT molecular complexity index is 839. The molecule has 0 spiro atoms. The molecule has 2 N–H and O–H groups in total. The molecule has 1 heterocycles. The molecule has 0 aromatic heterocycles. The lowest BCUT2D eigenvalue weighted by atomic mass is 10.0. The highest BCUT2D eigenvalue weighted by Gasteiger charge is 2.21. The van der Waals surface area contributed by atoms with Crippen LogP contribution in [0.25, 0.3) is 0 Å². The van der Waals surface area contributed by atoms with E-state index in [0.717, 1.165) is 0 Å². The number of anilines is 1. The maximum absolute atomic E-state index is 12.8. The minimum Gasteiger partial charge on any atom is -0.376 e. The number of hydrogen-bond acceptors (Lipinski definition) is 4. The number of nitrogens with zero attached hydrogens (tertiary/aromatic N) is 1. The van der Waals surface area contributed by atoms with Crippen LogP contribution in [0.2, 0.25) is 5.02 Å². The number of piperazine rings is 1. The second-order valence-electron chi connectivity index (χ2n) is 5.90. The second kappa shape index (κ2) is 8.01. The van der Waals surface area contributed by atoms with Crippen molar-refractivity contribution in [3.8, 4) is 0 Å². The highest BCUT2D eigenvalue weighted by molar-refractivity contribution is 6.31. The van der Waals surface area contributed by atoms with E-state index in [1.54, 1.807) is 42.5 Å². The van der Waals surface area contributed by atoms with E-state index in [2.05, 4.69) is 10.6 Å². The van der Waals surface area contributed by atoms with Crippen LogP contribution in [0, 0.1) is 0 Å². The Morgan fingerprint density at radius 3 is 2.65 bits per heavy atom. The van der Waals surface area contributed by atoms with Gasteiger partial charge in [-0.15, -0.1) is 0 Å². The first-order chi connectivity index (χ1) is 12.5. The van der Waals surface area contributed by atoms with Gasteiger partial charge in [0, 0.05) is 34.9 Å². The Labute approximate surface area is 156 Å². The number of benzene rings is 2. The van der Waals surface area contributed by atoms with Crippen LogP contribution in [-0.4, -0.2) is 48.7 Å². The number of halogens is 1. The third-order valence-corrected chi connectivity index (χ3v) is 4.32. The van der Waals surface area contributed by atoms with Gasteiger partial charge in [0.2, 0.25) is 11.8 Å². The zero-order valence-corrected chi connectivity index (χ0v) is 14.8. The van der Waals surface area contributed by atoms with Crippen molar-refractivity contribution in [2.24, 2.45) is 0 Å². The van der Waals surface area contributed by atoms with Crippen molar-refractivity contribution in [2.45, 2.75) is 0 Å². The fourth-order valence-electron chi connectivity index (χ4n) is 2.74. The van der Waals surface area contributed by atoms with Crippen LogP contribution >= 0.6 is 11.6 Å². The van der Waals surface area contributed by atoms with E-state index in [1.807, 2.05) is 6.07 Å². The lowest BCUT2D eigenvalue weighted by Gasteiger charge is -2.27. The molecule has 0 atom stereocenters. The lowest BCUT2D eigenvalue weighted by Crippen LogP contribution is -2.51. The SMILES string of the molecule is O=C1CN(C(=O)CNc2ccc(Cl)cc2C(=O)c2ccccc2)CCN1. The third kappa shape index (κ3) is 4.21. The van der Waals surface area contributed by atoms with Crippen LogP contribution in [0.4, 0.5) is 5.69 Å². The van der Waals surface area contributed by atoms with Crippen molar-refractivity contribution in [1.29, 1.82) is 0 Å². The van der Waals surface area contributed by atoms with Gasteiger partial charge in [-0.2, -0.15) is 0 Å². The molecule has 134 valence electrons. The molecule has 0 saturated carbocycles. The number of carbonyl (C=O) groups is 3. The molecule has 3 rings (SSSR count). The van der Waals surface area contributed by atoms with E-state index in [4.69, 9.17) is 11.6 Å². The quantitative estimate of drug-likeness (QED) is 0.787. The maximum Gasteiger partial charge on any atom is 0.242 e. The number of hydrogen-bond donors (Lipinski definition) is 2. The predicted molar refractivity (Wildman–Crippen MR) is 99.4 cm³/mol. The van der Waals surface area contributed by atoms with E-state index in [-0.39, 0.29) is 30.7 Å². The molecule has 2 aromatic rings. The zero-order chi connectivity index (χ0) is 18.5. The molecule has 1 aliphatic rings. The maximum atomic E-state index is 12.8. The van der Waals surface area contributed by atoms with Gasteiger partial charge in [-0.1, -0.05) is 41.9 Å². The van der Waals surface area contributed by atoms with E-state index in [1.165, 1.54) is 4.90 Å². The largest absolute Gasteiger partial charge is 0.376 e. The number of nitrogens with one attached hydrogen (secondary N) is 2. The van der Waals surface area contributed by atoms with Crippen LogP contribution in [-0.2, 0) is 9.59 Å². The molecule has 26 heavy (non-hydrogen) atoms. The normalized spacial score (nSPS) is 13.9. The third-order valence-electron chi connectivity index (χ3n) is 4.08. The summed E-state index contributed by atoms with van der Waals surface area (Å²) in [7, 11) is 0. The summed E-state index contributed by atoms with van der Waals surface area (Å²) in [4.78, 5) is 38.0. The van der Waals surface area contributed by atoms with Crippen molar-refractivity contribution in [3.05, 3.63) is 64.7 Å². The van der Waals surface area contributed by atoms with Crippen LogP contribution in [0.1, 0.15) is 15.9 Å². The van der Waals surface area contributed by atoms with E-state index < -0.39 is 0 Å². The minimum absolute atomic E-state index is 0.00994. The van der Waals surface area contributed by atoms with Crippen molar-refractivity contribution < 1.29 is 14.4 Å². The Balaban J connectivity index is 1.75. The topological polar surface area (TPSA) is 78.5 Å². The molecule has 0 bridgehead atoms. The number of amides is 2. The molecule has 1 saturated heterocycles. The van der Waals surface area contributed by atoms with Crippen molar-refractivity contribution in [2.75, 3.05) is 31.5 Å². The van der Waals surface area contributed by atoms with Crippen molar-refractivity contribution in [3.63, 3.8) is 0 Å². The van der Waals surface area contributed by atoms with Crippen LogP contribution in [0.5, 0.6) is 0 Å². The second-order valence-corrected chi connectivity index (χ2v) is 6.34. The van der Waals surface area contributed by atoms with Crippen LogP contribution in [0.15, 0.2) is 48.5 Å². The van der Waals surface area contributed by atoms with Crippen LogP contribution in [0.3, 0.4) is 0 Å². The summed E-state index contributed by atoms with van der Waals surface area (Å²) >= 11 is 6.05. The molecule has 0 radical (unpaired) electrons. The van der Waals surface area contributed by atoms with Gasteiger partial charge in [-0.25, -0.2) is 0 Å². The van der Waals surface area contributed by atoms with Crippen molar-refractivity contribution in [1.82, 2.24) is 10.2 Å². The summed E-state index contributed by atoms with van der Waals surface area (Å²) in [5, 5.41) is 6.12. The lowest BCUT2D eigenvalue weighted by molar-refractivity contribution is -0.136. The molecule has 2 amide bonds. The average molecular weight is 372 g/mol. The molecule has 7 heteroatoms. The van der Waals surface area contributed by atoms with Gasteiger partial charge >= 0.3 is 0 Å². The predicted octanol–water partition coefficient (Wildman–Crippen LogP) is 1.94. The van der Waals surface area contributed by atoms with Crippen molar-refractivity contribution >= 4 is 34.9 Å². The average Bonchev–Trinajstić information content (AvgIpc) is 2.67. The van der Waals surface area contributed by atoms with E-state index in [0.29, 0.717) is 34.9 Å². The van der Waals surface area contributed by atoms with Gasteiger partial charge in [-0.05, 0) is 18.2 Å². The summed E-state index contributed by atoms with van der Waals surface area (Å²) < 4.78 is 0. The van der Waals surface area contributed by atoms with Crippen LogP contribution < -0.4 is 10.6 Å². The van der Waals surface area contributed by atoms with Gasteiger partial charge in [0.25, 0.3) is 0 Å². The highest BCUT2D eigenvalue weighted by Crippen LogP contribution is 2.23. The summed E-state index contributed by atoms with van der Waals surface area (Å²) in [6.45, 7) is 0.965. The standard InChI is InChI=1S/C19H18ClN3O3/c20-14-6-7-16(15(10-14)19(26)13-4-2-1-3-5-13)22-11-18(25)23-9-8-21-17(24)12-23/h1-7,10,22H,8-9,11-12H2,(H,21,24).